The van der Waals surface area contributed by atoms with Gasteiger partial charge in [0, 0.05) is 0 Å². The first-order chi connectivity index (χ1) is 9.70. The van der Waals surface area contributed by atoms with Gasteiger partial charge < -0.3 is 9.15 Å². The van der Waals surface area contributed by atoms with Gasteiger partial charge in [-0.05, 0) is 24.6 Å². The zero-order valence-corrected chi connectivity index (χ0v) is 11.3. The van der Waals surface area contributed by atoms with Gasteiger partial charge in [0.15, 0.2) is 0 Å². The molecule has 100 valence electrons. The fourth-order valence-corrected chi connectivity index (χ4v) is 2.25. The molecule has 0 atom stereocenters. The number of aryl methyl sites for hydroxylation is 1. The lowest BCUT2D eigenvalue weighted by atomic mass is 10.0. The quantitative estimate of drug-likeness (QED) is 0.708. The van der Waals surface area contributed by atoms with Crippen LogP contribution in [0.3, 0.4) is 0 Å². The number of rotatable bonds is 2. The Balaban J connectivity index is 2.31. The Morgan fingerprint density at radius 3 is 2.50 bits per heavy atom. The van der Waals surface area contributed by atoms with Crippen LogP contribution in [0, 0.1) is 6.92 Å². The van der Waals surface area contributed by atoms with E-state index in [0.29, 0.717) is 22.3 Å². The molecule has 0 aliphatic rings. The Kier molecular flexibility index (Phi) is 3.03. The van der Waals surface area contributed by atoms with Crippen LogP contribution in [-0.4, -0.2) is 7.11 Å². The Bertz CT molecular complexity index is 814. The lowest BCUT2D eigenvalue weighted by Crippen LogP contribution is -2.06. The van der Waals surface area contributed by atoms with Crippen molar-refractivity contribution in [1.82, 2.24) is 0 Å². The Hall–Kier alpha value is -2.55. The molecular formula is C17H14O3. The van der Waals surface area contributed by atoms with Crippen LogP contribution < -0.4 is 10.2 Å². The highest BCUT2D eigenvalue weighted by atomic mass is 16.5. The minimum atomic E-state index is -0.0763. The zero-order valence-electron chi connectivity index (χ0n) is 11.3. The summed E-state index contributed by atoms with van der Waals surface area (Å²) >= 11 is 0. The van der Waals surface area contributed by atoms with Gasteiger partial charge in [0.25, 0.3) is 0 Å². The van der Waals surface area contributed by atoms with Crippen LogP contribution in [0.5, 0.6) is 5.75 Å². The Morgan fingerprint density at radius 1 is 1.05 bits per heavy atom. The fourth-order valence-electron chi connectivity index (χ4n) is 2.25. The van der Waals surface area contributed by atoms with Crippen molar-refractivity contribution in [3.63, 3.8) is 0 Å². The predicted octanol–water partition coefficient (Wildman–Crippen LogP) is 3.78. The molecule has 0 bridgehead atoms. The van der Waals surface area contributed by atoms with E-state index in [2.05, 4.69) is 0 Å². The standard InChI is InChI=1S/C17H14O3/c1-11-6-8-12(9-7-11)13-10-20-15-5-3-4-14(19-2)16(15)17(13)18/h3-10H,1-2H3. The smallest absolute Gasteiger partial charge is 0.204 e. The lowest BCUT2D eigenvalue weighted by Gasteiger charge is -2.06. The van der Waals surface area contributed by atoms with E-state index < -0.39 is 0 Å². The van der Waals surface area contributed by atoms with E-state index >= 15 is 0 Å². The molecule has 3 nitrogen and oxygen atoms in total. The molecule has 0 aliphatic heterocycles. The van der Waals surface area contributed by atoms with E-state index in [4.69, 9.17) is 9.15 Å². The van der Waals surface area contributed by atoms with E-state index in [9.17, 15) is 4.79 Å². The Morgan fingerprint density at radius 2 is 1.80 bits per heavy atom. The van der Waals surface area contributed by atoms with Crippen molar-refractivity contribution in [3.8, 4) is 16.9 Å². The van der Waals surface area contributed by atoms with Crippen LogP contribution >= 0.6 is 0 Å². The molecule has 0 spiro atoms. The molecule has 1 aromatic heterocycles. The van der Waals surface area contributed by atoms with Gasteiger partial charge in [-0.15, -0.1) is 0 Å². The van der Waals surface area contributed by atoms with E-state index in [1.54, 1.807) is 25.3 Å². The third-order valence-corrected chi connectivity index (χ3v) is 3.35. The van der Waals surface area contributed by atoms with Crippen molar-refractivity contribution in [3.05, 3.63) is 64.5 Å². The number of fused-ring (bicyclic) bond motifs is 1. The van der Waals surface area contributed by atoms with E-state index in [1.807, 2.05) is 31.2 Å². The maximum absolute atomic E-state index is 12.7. The number of benzene rings is 2. The highest BCUT2D eigenvalue weighted by Gasteiger charge is 2.12. The molecule has 3 aromatic rings. The largest absolute Gasteiger partial charge is 0.496 e. The summed E-state index contributed by atoms with van der Waals surface area (Å²) in [5.74, 6) is 0.533. The third kappa shape index (κ3) is 1.97. The molecule has 0 aliphatic carbocycles. The Labute approximate surface area is 116 Å². The first-order valence-electron chi connectivity index (χ1n) is 6.36. The van der Waals surface area contributed by atoms with Crippen molar-refractivity contribution in [2.45, 2.75) is 6.92 Å². The van der Waals surface area contributed by atoms with Gasteiger partial charge in [-0.25, -0.2) is 0 Å². The summed E-state index contributed by atoms with van der Waals surface area (Å²) in [7, 11) is 1.55. The molecule has 3 heteroatoms. The van der Waals surface area contributed by atoms with Crippen LogP contribution in [-0.2, 0) is 0 Å². The summed E-state index contributed by atoms with van der Waals surface area (Å²) in [5.41, 5.74) is 2.99. The average Bonchev–Trinajstić information content (AvgIpc) is 2.48. The van der Waals surface area contributed by atoms with E-state index in [1.165, 1.54) is 6.26 Å². The second-order valence-electron chi connectivity index (χ2n) is 4.68. The molecule has 1 heterocycles. The third-order valence-electron chi connectivity index (χ3n) is 3.35. The van der Waals surface area contributed by atoms with Gasteiger partial charge in [-0.2, -0.15) is 0 Å². The summed E-state index contributed by atoms with van der Waals surface area (Å²) < 4.78 is 10.8. The minimum Gasteiger partial charge on any atom is -0.496 e. The molecule has 0 amide bonds. The zero-order chi connectivity index (χ0) is 14.1. The van der Waals surface area contributed by atoms with Crippen molar-refractivity contribution >= 4 is 11.0 Å². The lowest BCUT2D eigenvalue weighted by molar-refractivity contribution is 0.418. The first kappa shape index (κ1) is 12.5. The molecule has 20 heavy (non-hydrogen) atoms. The summed E-state index contributed by atoms with van der Waals surface area (Å²) in [6.07, 6.45) is 1.51. The van der Waals surface area contributed by atoms with Crippen molar-refractivity contribution < 1.29 is 9.15 Å². The second-order valence-corrected chi connectivity index (χ2v) is 4.68. The number of hydrogen-bond acceptors (Lipinski definition) is 3. The molecule has 0 saturated carbocycles. The van der Waals surface area contributed by atoms with Gasteiger partial charge in [0.1, 0.15) is 23.0 Å². The number of hydrogen-bond donors (Lipinski definition) is 0. The minimum absolute atomic E-state index is 0.0763. The number of ether oxygens (including phenoxy) is 1. The molecule has 0 saturated heterocycles. The van der Waals surface area contributed by atoms with Crippen LogP contribution in [0.4, 0.5) is 0 Å². The fraction of sp³-hybridized carbons (Fsp3) is 0.118. The van der Waals surface area contributed by atoms with Crippen molar-refractivity contribution in [2.75, 3.05) is 7.11 Å². The van der Waals surface area contributed by atoms with Crippen LogP contribution in [0.15, 0.2) is 57.9 Å². The van der Waals surface area contributed by atoms with Gasteiger partial charge in [0.05, 0.1) is 12.7 Å². The molecule has 3 rings (SSSR count). The van der Waals surface area contributed by atoms with Crippen LogP contribution in [0.2, 0.25) is 0 Å². The maximum atomic E-state index is 12.7. The van der Waals surface area contributed by atoms with Crippen molar-refractivity contribution in [2.24, 2.45) is 0 Å². The van der Waals surface area contributed by atoms with Gasteiger partial charge >= 0.3 is 0 Å². The topological polar surface area (TPSA) is 39.4 Å². The predicted molar refractivity (Wildman–Crippen MR) is 79.2 cm³/mol. The van der Waals surface area contributed by atoms with Crippen LogP contribution in [0.1, 0.15) is 5.56 Å². The van der Waals surface area contributed by atoms with Gasteiger partial charge in [-0.3, -0.25) is 4.79 Å². The summed E-state index contributed by atoms with van der Waals surface area (Å²) in [5, 5.41) is 0.480. The monoisotopic (exact) mass is 266 g/mol. The molecular weight excluding hydrogens is 252 g/mol. The second kappa shape index (κ2) is 4.85. The van der Waals surface area contributed by atoms with E-state index in [0.717, 1.165) is 11.1 Å². The molecule has 2 aromatic carbocycles. The maximum Gasteiger partial charge on any atom is 0.204 e. The molecule has 0 radical (unpaired) electrons. The highest BCUT2D eigenvalue weighted by molar-refractivity contribution is 5.86. The number of methoxy groups -OCH3 is 1. The average molecular weight is 266 g/mol. The molecule has 0 N–H and O–H groups in total. The SMILES string of the molecule is COc1cccc2occ(-c3ccc(C)cc3)c(=O)c12. The van der Waals surface area contributed by atoms with Crippen LogP contribution in [0.25, 0.3) is 22.1 Å². The van der Waals surface area contributed by atoms with E-state index in [-0.39, 0.29) is 5.43 Å². The summed E-state index contributed by atoms with van der Waals surface area (Å²) in [6.45, 7) is 2.01. The van der Waals surface area contributed by atoms with Gasteiger partial charge in [0.2, 0.25) is 5.43 Å². The first-order valence-corrected chi connectivity index (χ1v) is 6.36. The summed E-state index contributed by atoms with van der Waals surface area (Å²) in [4.78, 5) is 12.7. The van der Waals surface area contributed by atoms with Gasteiger partial charge in [-0.1, -0.05) is 35.9 Å². The molecule has 0 fully saturated rings. The molecule has 0 unspecified atom stereocenters. The summed E-state index contributed by atoms with van der Waals surface area (Å²) in [6, 6.07) is 13.1. The van der Waals surface area contributed by atoms with Crippen molar-refractivity contribution in [1.29, 1.82) is 0 Å². The highest BCUT2D eigenvalue weighted by Crippen LogP contribution is 2.25. The normalized spacial score (nSPS) is 10.7.